The van der Waals surface area contributed by atoms with Gasteiger partial charge in [0.15, 0.2) is 0 Å². The molecule has 1 heterocycles. The van der Waals surface area contributed by atoms with E-state index in [-0.39, 0.29) is 74.9 Å². The van der Waals surface area contributed by atoms with Crippen LogP contribution >= 0.6 is 0 Å². The summed E-state index contributed by atoms with van der Waals surface area (Å²) in [6, 6.07) is 0. The van der Waals surface area contributed by atoms with Crippen LogP contribution in [0.4, 0.5) is 0 Å². The van der Waals surface area contributed by atoms with Crippen molar-refractivity contribution in [3.63, 3.8) is 0 Å². The van der Waals surface area contributed by atoms with Gasteiger partial charge in [-0.1, -0.05) is 95.8 Å². The van der Waals surface area contributed by atoms with Gasteiger partial charge in [-0.2, -0.15) is 0 Å². The lowest BCUT2D eigenvalue weighted by Gasteiger charge is -2.38. The smallest absolute Gasteiger partial charge is 0.305 e. The number of hydrogen-bond donors (Lipinski definition) is 2. The quantitative estimate of drug-likeness (QED) is 0.0272. The van der Waals surface area contributed by atoms with Crippen molar-refractivity contribution in [3.8, 4) is 0 Å². The third kappa shape index (κ3) is 29.3. The molecule has 1 rings (SSSR count). The molecule has 0 aromatic carbocycles. The van der Waals surface area contributed by atoms with E-state index in [2.05, 4.69) is 67.4 Å². The second-order valence-corrected chi connectivity index (χ2v) is 16.1. The second-order valence-electron chi connectivity index (χ2n) is 16.1. The van der Waals surface area contributed by atoms with Gasteiger partial charge in [-0.25, -0.2) is 0 Å². The molecule has 0 unspecified atom stereocenters. The van der Waals surface area contributed by atoms with Gasteiger partial charge in [0.25, 0.3) is 0 Å². The van der Waals surface area contributed by atoms with Crippen LogP contribution in [0.2, 0.25) is 0 Å². The molecule has 0 radical (unpaired) electrons. The summed E-state index contributed by atoms with van der Waals surface area (Å²) in [6.07, 6.45) is 33.8. The maximum Gasteiger partial charge on any atom is 0.305 e. The zero-order valence-corrected chi connectivity index (χ0v) is 37.1. The third-order valence-electron chi connectivity index (χ3n) is 10.9. The zero-order valence-electron chi connectivity index (χ0n) is 37.1. The minimum atomic E-state index is -1.01. The maximum atomic E-state index is 13.9. The summed E-state index contributed by atoms with van der Waals surface area (Å²) in [4.78, 5) is 55.3. The van der Waals surface area contributed by atoms with Crippen LogP contribution in [0.3, 0.4) is 0 Å². The van der Waals surface area contributed by atoms with Crippen LogP contribution in [0.15, 0.2) is 36.5 Å². The number of ether oxygens (including phenoxy) is 3. The van der Waals surface area contributed by atoms with Crippen molar-refractivity contribution in [2.24, 2.45) is 5.92 Å². The van der Waals surface area contributed by atoms with Crippen LogP contribution in [0.5, 0.6) is 0 Å². The Hall–Kier alpha value is -2.98. The predicted molar refractivity (Wildman–Crippen MR) is 235 cm³/mol. The number of piperidine rings is 1. The lowest BCUT2D eigenvalue weighted by molar-refractivity contribution is -0.145. The van der Waals surface area contributed by atoms with Gasteiger partial charge in [-0.3, -0.25) is 19.2 Å². The number of aliphatic hydroxyl groups is 1. The molecule has 2 N–H and O–H groups in total. The van der Waals surface area contributed by atoms with E-state index in [0.717, 1.165) is 57.8 Å². The molecule has 1 amide bonds. The first-order chi connectivity index (χ1) is 28.3. The number of amides is 1. The van der Waals surface area contributed by atoms with Gasteiger partial charge in [0, 0.05) is 37.3 Å². The molecule has 0 bridgehead atoms. The van der Waals surface area contributed by atoms with Crippen molar-refractivity contribution in [2.45, 2.75) is 193 Å². The molecule has 10 nitrogen and oxygen atoms in total. The summed E-state index contributed by atoms with van der Waals surface area (Å²) in [6.45, 7) is 9.55. The molecule has 1 aliphatic rings. The minimum Gasteiger partial charge on any atom is -0.466 e. The van der Waals surface area contributed by atoms with Gasteiger partial charge >= 0.3 is 17.9 Å². The Kier molecular flexibility index (Phi) is 33.9. The molecule has 0 spiro atoms. The molecule has 0 aromatic rings. The highest BCUT2D eigenvalue weighted by atomic mass is 16.5. The Labute approximate surface area is 353 Å². The van der Waals surface area contributed by atoms with Crippen molar-refractivity contribution >= 4 is 23.8 Å². The van der Waals surface area contributed by atoms with Gasteiger partial charge in [0.05, 0.1) is 26.4 Å². The summed E-state index contributed by atoms with van der Waals surface area (Å²) in [5.74, 6) is -1.48. The zero-order chi connectivity index (χ0) is 42.4. The Morgan fingerprint density at radius 1 is 0.569 bits per heavy atom. The number of unbranched alkanes of at least 4 members (excludes halogenated alkanes) is 12. The number of rotatable bonds is 37. The SMILES string of the molecule is CCCCC/C=C\CCCOC(=O)CCC(CCC(=O)OCCC/C=C\CCCCC)(CCC(=O)OCCC/C=C\CCCCC)NC(=O)C1CCN(CCO)CC1. The molecule has 1 fully saturated rings. The highest BCUT2D eigenvalue weighted by Crippen LogP contribution is 2.29. The fraction of sp³-hybridized carbons (Fsp3) is 0.792. The van der Waals surface area contributed by atoms with Crippen LogP contribution in [0.1, 0.15) is 188 Å². The fourth-order valence-corrected chi connectivity index (χ4v) is 7.13. The predicted octanol–water partition coefficient (Wildman–Crippen LogP) is 10.3. The maximum absolute atomic E-state index is 13.9. The second kappa shape index (κ2) is 37.1. The lowest BCUT2D eigenvalue weighted by atomic mass is 9.82. The van der Waals surface area contributed by atoms with Crippen LogP contribution in [-0.2, 0) is 33.4 Å². The lowest BCUT2D eigenvalue weighted by Crippen LogP contribution is -2.53. The fourth-order valence-electron chi connectivity index (χ4n) is 7.13. The molecular weight excluding hydrogens is 733 g/mol. The molecule has 334 valence electrons. The Balaban J connectivity index is 2.98. The van der Waals surface area contributed by atoms with Crippen molar-refractivity contribution in [3.05, 3.63) is 36.5 Å². The van der Waals surface area contributed by atoms with Gasteiger partial charge in [0.1, 0.15) is 0 Å². The highest BCUT2D eigenvalue weighted by Gasteiger charge is 2.37. The molecule has 1 saturated heterocycles. The highest BCUT2D eigenvalue weighted by molar-refractivity contribution is 5.80. The first-order valence-corrected chi connectivity index (χ1v) is 23.4. The van der Waals surface area contributed by atoms with Gasteiger partial charge in [0.2, 0.25) is 5.91 Å². The molecular formula is C48H84N2O8. The van der Waals surface area contributed by atoms with E-state index in [4.69, 9.17) is 14.2 Å². The van der Waals surface area contributed by atoms with Crippen LogP contribution in [0, 0.1) is 5.92 Å². The molecule has 10 heteroatoms. The van der Waals surface area contributed by atoms with Crippen LogP contribution in [0.25, 0.3) is 0 Å². The summed E-state index contributed by atoms with van der Waals surface area (Å²) in [5.41, 5.74) is -1.01. The summed E-state index contributed by atoms with van der Waals surface area (Å²) in [5, 5.41) is 12.7. The average Bonchev–Trinajstić information content (AvgIpc) is 3.22. The van der Waals surface area contributed by atoms with E-state index in [0.29, 0.717) is 52.3 Å². The molecule has 0 aromatic heterocycles. The van der Waals surface area contributed by atoms with E-state index in [1.54, 1.807) is 0 Å². The number of carbonyl (C=O) groups is 4. The van der Waals surface area contributed by atoms with Gasteiger partial charge in [-0.05, 0) is 122 Å². The number of esters is 3. The number of β-amino-alcohol motifs (C(OH)–C–C–N with tert-alkyl or cyclic N) is 1. The molecule has 58 heavy (non-hydrogen) atoms. The van der Waals surface area contributed by atoms with E-state index in [1.807, 2.05) is 0 Å². The largest absolute Gasteiger partial charge is 0.466 e. The van der Waals surface area contributed by atoms with Crippen molar-refractivity contribution in [1.82, 2.24) is 10.2 Å². The van der Waals surface area contributed by atoms with Crippen molar-refractivity contribution in [2.75, 3.05) is 46.1 Å². The average molecular weight is 817 g/mol. The number of carbonyl (C=O) groups excluding carboxylic acids is 4. The van der Waals surface area contributed by atoms with E-state index >= 15 is 0 Å². The summed E-state index contributed by atoms with van der Waals surface area (Å²) < 4.78 is 16.8. The molecule has 0 saturated carbocycles. The molecule has 0 aliphatic carbocycles. The third-order valence-corrected chi connectivity index (χ3v) is 10.9. The van der Waals surface area contributed by atoms with Gasteiger partial charge in [-0.15, -0.1) is 0 Å². The number of aliphatic hydroxyl groups excluding tert-OH is 1. The van der Waals surface area contributed by atoms with E-state index in [1.165, 1.54) is 57.8 Å². The van der Waals surface area contributed by atoms with Gasteiger partial charge < -0.3 is 29.5 Å². The number of likely N-dealkylation sites (tertiary alicyclic amines) is 1. The number of allylic oxidation sites excluding steroid dienone is 6. The first kappa shape index (κ1) is 53.0. The van der Waals surface area contributed by atoms with E-state index < -0.39 is 5.54 Å². The minimum absolute atomic E-state index is 0.0430. The van der Waals surface area contributed by atoms with Crippen LogP contribution < -0.4 is 5.32 Å². The Bertz CT molecular complexity index is 1040. The van der Waals surface area contributed by atoms with Crippen molar-refractivity contribution < 1.29 is 38.5 Å². The molecule has 0 atom stereocenters. The standard InChI is InChI=1S/C48H84N2O8/c1-4-7-10-13-16-19-22-25-40-56-44(52)28-33-48(49-47(55)43-31-36-50(37-32-43)38-39-51,34-29-45(53)57-41-26-23-20-17-14-11-8-5-2)35-30-46(54)58-42-27-24-21-18-15-12-9-6-3/h16-21,43,51H,4-15,22-42H2,1-3H3,(H,49,55)/b19-16-,20-17-,21-18-. The normalized spacial score (nSPS) is 14.1. The first-order valence-electron chi connectivity index (χ1n) is 23.4. The van der Waals surface area contributed by atoms with E-state index in [9.17, 15) is 24.3 Å². The Morgan fingerprint density at radius 2 is 0.914 bits per heavy atom. The van der Waals surface area contributed by atoms with Crippen molar-refractivity contribution in [1.29, 1.82) is 0 Å². The Morgan fingerprint density at radius 3 is 1.24 bits per heavy atom. The monoisotopic (exact) mass is 817 g/mol. The topological polar surface area (TPSA) is 131 Å². The molecule has 1 aliphatic heterocycles. The number of nitrogens with one attached hydrogen (secondary N) is 1. The number of hydrogen-bond acceptors (Lipinski definition) is 9. The van der Waals surface area contributed by atoms with Crippen LogP contribution in [-0.4, -0.2) is 85.4 Å². The number of nitrogens with zero attached hydrogens (tertiary/aromatic N) is 1. The summed E-state index contributed by atoms with van der Waals surface area (Å²) >= 11 is 0. The summed E-state index contributed by atoms with van der Waals surface area (Å²) in [7, 11) is 0.